The average Bonchev–Trinajstić information content (AvgIpc) is 3.01. The van der Waals surface area contributed by atoms with Crippen LogP contribution in [0.3, 0.4) is 0 Å². The Kier molecular flexibility index (Phi) is 3.66. The van der Waals surface area contributed by atoms with Crippen molar-refractivity contribution in [2.75, 3.05) is 5.32 Å². The summed E-state index contributed by atoms with van der Waals surface area (Å²) in [7, 11) is 0. The maximum atomic E-state index is 13.3. The first kappa shape index (κ1) is 16.5. The predicted molar refractivity (Wildman–Crippen MR) is 103 cm³/mol. The fraction of sp³-hybridized carbons (Fsp3) is 0.429. The molecular weight excluding hydrogens is 328 g/mol. The second-order valence-electron chi connectivity index (χ2n) is 8.02. The average molecular weight is 353 g/mol. The van der Waals surface area contributed by atoms with E-state index in [1.807, 2.05) is 5.51 Å². The van der Waals surface area contributed by atoms with Crippen molar-refractivity contribution in [3.8, 4) is 0 Å². The summed E-state index contributed by atoms with van der Waals surface area (Å²) in [6.07, 6.45) is 2.35. The molecule has 0 amide bonds. The van der Waals surface area contributed by atoms with E-state index in [1.165, 1.54) is 16.0 Å². The molecule has 1 aliphatic heterocycles. The van der Waals surface area contributed by atoms with Gasteiger partial charge in [0.15, 0.2) is 5.78 Å². The normalized spacial score (nSPS) is 24.6. The number of fused-ring (bicyclic) bond motifs is 1. The van der Waals surface area contributed by atoms with E-state index >= 15 is 0 Å². The number of nitrogens with one attached hydrogen (secondary N) is 1. The summed E-state index contributed by atoms with van der Waals surface area (Å²) in [6.45, 7) is 8.69. The van der Waals surface area contributed by atoms with Crippen molar-refractivity contribution >= 4 is 22.9 Å². The maximum absolute atomic E-state index is 13.3. The minimum Gasteiger partial charge on any atom is -0.342 e. The number of nitrogens with zero attached hydrogens (tertiary/aromatic N) is 1. The monoisotopic (exact) mass is 352 g/mol. The van der Waals surface area contributed by atoms with E-state index in [2.05, 4.69) is 62.3 Å². The van der Waals surface area contributed by atoms with E-state index in [9.17, 15) is 4.79 Å². The van der Waals surface area contributed by atoms with Crippen LogP contribution in [0.5, 0.6) is 0 Å². The van der Waals surface area contributed by atoms with Gasteiger partial charge in [-0.1, -0.05) is 45.0 Å². The zero-order chi connectivity index (χ0) is 17.8. The van der Waals surface area contributed by atoms with Crippen LogP contribution in [0.2, 0.25) is 0 Å². The molecule has 1 N–H and O–H groups in total. The van der Waals surface area contributed by atoms with Gasteiger partial charge in [-0.25, -0.2) is 4.98 Å². The van der Waals surface area contributed by atoms with Crippen LogP contribution in [0.1, 0.15) is 56.0 Å². The molecule has 2 aromatic rings. The number of hydrogen-bond acceptors (Lipinski definition) is 4. The largest absolute Gasteiger partial charge is 0.342 e. The van der Waals surface area contributed by atoms with Crippen molar-refractivity contribution < 1.29 is 4.79 Å². The van der Waals surface area contributed by atoms with Gasteiger partial charge in [0.25, 0.3) is 0 Å². The number of benzene rings is 1. The highest BCUT2D eigenvalue weighted by Crippen LogP contribution is 2.55. The maximum Gasteiger partial charge on any atom is 0.162 e. The van der Waals surface area contributed by atoms with Gasteiger partial charge in [0.05, 0.1) is 15.8 Å². The Bertz CT molecular complexity index is 893. The first-order valence-electron chi connectivity index (χ1n) is 8.93. The fourth-order valence-corrected chi connectivity index (χ4v) is 5.69. The van der Waals surface area contributed by atoms with E-state index in [1.54, 1.807) is 11.3 Å². The molecule has 0 saturated heterocycles. The number of aryl methyl sites for hydroxylation is 1. The smallest absolute Gasteiger partial charge is 0.162 e. The lowest BCUT2D eigenvalue weighted by molar-refractivity contribution is -0.118. The number of ketones is 1. The van der Waals surface area contributed by atoms with E-state index in [-0.39, 0.29) is 16.6 Å². The number of Topliss-reactive ketones (excluding diaryl/α,β-unsaturated/α-hetero) is 1. The van der Waals surface area contributed by atoms with Gasteiger partial charge in [-0.3, -0.25) is 4.79 Å². The third-order valence-electron chi connectivity index (χ3n) is 5.66. The van der Waals surface area contributed by atoms with Gasteiger partial charge >= 0.3 is 0 Å². The molecule has 25 heavy (non-hydrogen) atoms. The summed E-state index contributed by atoms with van der Waals surface area (Å²) < 4.78 is 0. The van der Waals surface area contributed by atoms with Crippen LogP contribution < -0.4 is 5.32 Å². The number of aromatic nitrogens is 1. The second kappa shape index (κ2) is 5.53. The third-order valence-corrected chi connectivity index (χ3v) is 6.65. The highest BCUT2D eigenvalue weighted by atomic mass is 32.1. The quantitative estimate of drug-likeness (QED) is 0.806. The Labute approximate surface area is 153 Å². The Hall–Kier alpha value is -1.94. The topological polar surface area (TPSA) is 42.0 Å². The zero-order valence-corrected chi connectivity index (χ0v) is 16.1. The van der Waals surface area contributed by atoms with Gasteiger partial charge in [-0.05, 0) is 36.3 Å². The van der Waals surface area contributed by atoms with Crippen LogP contribution >= 0.6 is 11.3 Å². The predicted octanol–water partition coefficient (Wildman–Crippen LogP) is 5.22. The van der Waals surface area contributed by atoms with E-state index in [0.29, 0.717) is 6.42 Å². The first-order chi connectivity index (χ1) is 11.9. The highest BCUT2D eigenvalue weighted by Gasteiger charge is 2.50. The number of carbonyl (C=O) groups is 1. The number of carbonyl (C=O) groups excluding carboxylic acids is 1. The molecule has 1 aromatic carbocycles. The minimum atomic E-state index is -0.379. The lowest BCUT2D eigenvalue weighted by Gasteiger charge is -2.45. The van der Waals surface area contributed by atoms with Crippen molar-refractivity contribution in [2.24, 2.45) is 5.41 Å². The summed E-state index contributed by atoms with van der Waals surface area (Å²) in [5.41, 5.74) is 6.02. The Morgan fingerprint density at radius 2 is 2.00 bits per heavy atom. The molecule has 4 rings (SSSR count). The number of thiazole rings is 1. The van der Waals surface area contributed by atoms with Gasteiger partial charge in [0, 0.05) is 17.7 Å². The third kappa shape index (κ3) is 2.30. The van der Waals surface area contributed by atoms with Gasteiger partial charge in [-0.15, -0.1) is 11.3 Å². The lowest BCUT2D eigenvalue weighted by atomic mass is 9.61. The molecule has 0 saturated carbocycles. The van der Waals surface area contributed by atoms with Crippen molar-refractivity contribution in [1.29, 1.82) is 0 Å². The molecule has 2 aliphatic rings. The van der Waals surface area contributed by atoms with Gasteiger partial charge in [0.2, 0.25) is 0 Å². The molecule has 0 bridgehead atoms. The van der Waals surface area contributed by atoms with Crippen LogP contribution in [0.15, 0.2) is 41.0 Å². The molecule has 3 nitrogen and oxygen atoms in total. The molecular formula is C21H24N2OS. The van der Waals surface area contributed by atoms with Crippen LogP contribution in [0.25, 0.3) is 0 Å². The first-order valence-corrected chi connectivity index (χ1v) is 9.81. The molecule has 1 aromatic heterocycles. The molecule has 130 valence electrons. The van der Waals surface area contributed by atoms with Crippen LogP contribution in [0, 0.1) is 12.3 Å². The molecule has 1 unspecified atom stereocenters. The van der Waals surface area contributed by atoms with E-state index in [4.69, 9.17) is 0 Å². The highest BCUT2D eigenvalue weighted by molar-refractivity contribution is 7.10. The van der Waals surface area contributed by atoms with Gasteiger partial charge in [0.1, 0.15) is 5.82 Å². The number of anilines is 1. The summed E-state index contributed by atoms with van der Waals surface area (Å²) in [5.74, 6) is 1.21. The van der Waals surface area contributed by atoms with Crippen LogP contribution in [-0.2, 0) is 10.2 Å². The van der Waals surface area contributed by atoms with Crippen molar-refractivity contribution in [3.63, 3.8) is 0 Å². The van der Waals surface area contributed by atoms with Crippen LogP contribution in [-0.4, -0.2) is 10.8 Å². The number of rotatable bonds is 2. The Balaban J connectivity index is 2.06. The Morgan fingerprint density at radius 1 is 1.24 bits per heavy atom. The molecule has 0 radical (unpaired) electrons. The van der Waals surface area contributed by atoms with Crippen molar-refractivity contribution in [2.45, 2.75) is 52.4 Å². The van der Waals surface area contributed by atoms with Gasteiger partial charge < -0.3 is 5.32 Å². The summed E-state index contributed by atoms with van der Waals surface area (Å²) >= 11 is 1.66. The summed E-state index contributed by atoms with van der Waals surface area (Å²) in [4.78, 5) is 19.1. The number of hydrogen-bond donors (Lipinski definition) is 1. The summed E-state index contributed by atoms with van der Waals surface area (Å²) in [6, 6.07) is 8.48. The lowest BCUT2D eigenvalue weighted by Crippen LogP contribution is -2.43. The fourth-order valence-electron chi connectivity index (χ4n) is 4.65. The van der Waals surface area contributed by atoms with E-state index < -0.39 is 0 Å². The van der Waals surface area contributed by atoms with Crippen molar-refractivity contribution in [1.82, 2.24) is 4.98 Å². The molecule has 4 heteroatoms. The standard InChI is InChI=1S/C21H24N2OS/c1-5-21(14-9-7-6-8-13(14)2)17-15(10-20(3,4)11-16(17)24)23-19-18(21)25-12-22-19/h6-9,12,23H,5,10-11H2,1-4H3. The zero-order valence-electron chi connectivity index (χ0n) is 15.3. The SMILES string of the molecule is CCC1(c2ccccc2C)C2=C(CC(C)(C)CC2=O)Nc2ncsc21. The number of allylic oxidation sites excluding steroid dienone is 2. The van der Waals surface area contributed by atoms with E-state index in [0.717, 1.165) is 29.9 Å². The second-order valence-corrected chi connectivity index (χ2v) is 8.88. The van der Waals surface area contributed by atoms with Gasteiger partial charge in [-0.2, -0.15) is 0 Å². The molecule has 0 spiro atoms. The molecule has 1 atom stereocenters. The summed E-state index contributed by atoms with van der Waals surface area (Å²) in [5, 5.41) is 3.50. The van der Waals surface area contributed by atoms with Crippen molar-refractivity contribution in [3.05, 3.63) is 57.1 Å². The molecule has 0 fully saturated rings. The Morgan fingerprint density at radius 3 is 2.72 bits per heavy atom. The molecule has 2 heterocycles. The molecule has 1 aliphatic carbocycles. The van der Waals surface area contributed by atoms with Crippen LogP contribution in [0.4, 0.5) is 5.82 Å². The minimum absolute atomic E-state index is 0.0122.